The highest BCUT2D eigenvalue weighted by Crippen LogP contribution is 2.29. The second kappa shape index (κ2) is 3.08. The van der Waals surface area contributed by atoms with Gasteiger partial charge in [-0.25, -0.2) is 0 Å². The Labute approximate surface area is 81.4 Å². The Morgan fingerprint density at radius 3 is 2.50 bits per heavy atom. The first-order valence-corrected chi connectivity index (χ1v) is 4.70. The SMILES string of the molecule is CN1C(=O)CC(NC(=O)C2CC2)C1=O. The summed E-state index contributed by atoms with van der Waals surface area (Å²) in [6.07, 6.45) is 1.90. The lowest BCUT2D eigenvalue weighted by molar-refractivity contribution is -0.138. The Kier molecular flexibility index (Phi) is 2.02. The lowest BCUT2D eigenvalue weighted by Gasteiger charge is -2.10. The molecular formula is C9H12N2O3. The van der Waals surface area contributed by atoms with E-state index in [2.05, 4.69) is 5.32 Å². The van der Waals surface area contributed by atoms with Crippen LogP contribution in [0.5, 0.6) is 0 Å². The number of likely N-dealkylation sites (tertiary alicyclic amines) is 1. The average molecular weight is 196 g/mol. The number of carbonyl (C=O) groups is 3. The van der Waals surface area contributed by atoms with E-state index in [9.17, 15) is 14.4 Å². The highest BCUT2D eigenvalue weighted by Gasteiger charge is 2.39. The minimum atomic E-state index is -0.624. The number of nitrogens with one attached hydrogen (secondary N) is 1. The largest absolute Gasteiger partial charge is 0.344 e. The van der Waals surface area contributed by atoms with Crippen LogP contribution in [0.2, 0.25) is 0 Å². The molecule has 1 N–H and O–H groups in total. The van der Waals surface area contributed by atoms with Crippen LogP contribution in [0.25, 0.3) is 0 Å². The molecule has 2 fully saturated rings. The van der Waals surface area contributed by atoms with Crippen molar-refractivity contribution in [2.24, 2.45) is 5.92 Å². The van der Waals surface area contributed by atoms with Gasteiger partial charge in [0, 0.05) is 13.0 Å². The summed E-state index contributed by atoms with van der Waals surface area (Å²) in [6.45, 7) is 0. The zero-order valence-electron chi connectivity index (χ0n) is 7.95. The Hall–Kier alpha value is -1.39. The van der Waals surface area contributed by atoms with Gasteiger partial charge in [-0.15, -0.1) is 0 Å². The molecule has 3 amide bonds. The first-order chi connectivity index (χ1) is 6.59. The molecule has 1 heterocycles. The summed E-state index contributed by atoms with van der Waals surface area (Å²) in [5.74, 6) is -0.546. The van der Waals surface area contributed by atoms with Crippen molar-refractivity contribution in [3.63, 3.8) is 0 Å². The van der Waals surface area contributed by atoms with Crippen molar-refractivity contribution in [2.75, 3.05) is 7.05 Å². The van der Waals surface area contributed by atoms with Gasteiger partial charge < -0.3 is 5.32 Å². The standard InChI is InChI=1S/C9H12N2O3/c1-11-7(12)4-6(9(11)14)10-8(13)5-2-3-5/h5-6H,2-4H2,1H3,(H,10,13). The monoisotopic (exact) mass is 196 g/mol. The molecule has 2 rings (SSSR count). The molecule has 1 aliphatic carbocycles. The van der Waals surface area contributed by atoms with Gasteiger partial charge in [-0.3, -0.25) is 19.3 Å². The third kappa shape index (κ3) is 1.49. The van der Waals surface area contributed by atoms with E-state index in [4.69, 9.17) is 0 Å². The molecule has 0 aromatic heterocycles. The van der Waals surface area contributed by atoms with Crippen LogP contribution in [0.3, 0.4) is 0 Å². The van der Waals surface area contributed by atoms with Crippen molar-refractivity contribution in [3.8, 4) is 0 Å². The minimum Gasteiger partial charge on any atom is -0.344 e. The van der Waals surface area contributed by atoms with Gasteiger partial charge in [-0.2, -0.15) is 0 Å². The molecular weight excluding hydrogens is 184 g/mol. The smallest absolute Gasteiger partial charge is 0.252 e. The van der Waals surface area contributed by atoms with E-state index in [1.807, 2.05) is 0 Å². The topological polar surface area (TPSA) is 66.5 Å². The molecule has 5 nitrogen and oxygen atoms in total. The molecule has 76 valence electrons. The zero-order valence-corrected chi connectivity index (χ0v) is 7.95. The lowest BCUT2D eigenvalue weighted by atomic mass is 10.2. The molecule has 0 radical (unpaired) electrons. The summed E-state index contributed by atoms with van der Waals surface area (Å²) in [5, 5.41) is 2.60. The highest BCUT2D eigenvalue weighted by atomic mass is 16.2. The molecule has 0 aromatic carbocycles. The fourth-order valence-corrected chi connectivity index (χ4v) is 1.50. The van der Waals surface area contributed by atoms with Crippen molar-refractivity contribution in [2.45, 2.75) is 25.3 Å². The van der Waals surface area contributed by atoms with E-state index < -0.39 is 6.04 Å². The second-order valence-corrected chi connectivity index (χ2v) is 3.83. The molecule has 1 saturated carbocycles. The number of hydrogen-bond donors (Lipinski definition) is 1. The normalized spacial score (nSPS) is 26.9. The van der Waals surface area contributed by atoms with Gasteiger partial charge >= 0.3 is 0 Å². The Morgan fingerprint density at radius 2 is 2.07 bits per heavy atom. The molecule has 1 aliphatic heterocycles. The van der Waals surface area contributed by atoms with Crippen molar-refractivity contribution >= 4 is 17.7 Å². The van der Waals surface area contributed by atoms with Gasteiger partial charge in [0.15, 0.2) is 0 Å². The number of amides is 3. The van der Waals surface area contributed by atoms with Crippen molar-refractivity contribution < 1.29 is 14.4 Å². The van der Waals surface area contributed by atoms with Gasteiger partial charge in [0.2, 0.25) is 11.8 Å². The molecule has 14 heavy (non-hydrogen) atoms. The zero-order chi connectivity index (χ0) is 10.3. The molecule has 2 aliphatic rings. The van der Waals surface area contributed by atoms with Gasteiger partial charge in [0.25, 0.3) is 5.91 Å². The molecule has 1 atom stereocenters. The van der Waals surface area contributed by atoms with Gasteiger partial charge in [-0.1, -0.05) is 0 Å². The predicted octanol–water partition coefficient (Wildman–Crippen LogP) is -0.730. The van der Waals surface area contributed by atoms with Crippen molar-refractivity contribution in [1.29, 1.82) is 0 Å². The molecule has 1 saturated heterocycles. The molecule has 0 spiro atoms. The highest BCUT2D eigenvalue weighted by molar-refractivity contribution is 6.06. The van der Waals surface area contributed by atoms with E-state index >= 15 is 0 Å². The molecule has 5 heteroatoms. The lowest BCUT2D eigenvalue weighted by Crippen LogP contribution is -2.41. The minimum absolute atomic E-state index is 0.0730. The maximum Gasteiger partial charge on any atom is 0.252 e. The van der Waals surface area contributed by atoms with Crippen LogP contribution >= 0.6 is 0 Å². The average Bonchev–Trinajstić information content (AvgIpc) is 2.93. The van der Waals surface area contributed by atoms with Crippen molar-refractivity contribution in [1.82, 2.24) is 10.2 Å². The summed E-state index contributed by atoms with van der Waals surface area (Å²) in [4.78, 5) is 34.9. The molecule has 0 bridgehead atoms. The number of carbonyl (C=O) groups excluding carboxylic acids is 3. The summed E-state index contributed by atoms with van der Waals surface area (Å²) in [7, 11) is 1.44. The molecule has 1 unspecified atom stereocenters. The summed E-state index contributed by atoms with van der Waals surface area (Å²) in [6, 6.07) is -0.624. The fourth-order valence-electron chi connectivity index (χ4n) is 1.50. The summed E-state index contributed by atoms with van der Waals surface area (Å²) < 4.78 is 0. The van der Waals surface area contributed by atoms with Crippen LogP contribution in [0.4, 0.5) is 0 Å². The van der Waals surface area contributed by atoms with Gasteiger partial charge in [-0.05, 0) is 12.8 Å². The summed E-state index contributed by atoms with van der Waals surface area (Å²) >= 11 is 0. The number of nitrogens with zero attached hydrogens (tertiary/aromatic N) is 1. The Bertz CT molecular complexity index is 309. The quantitative estimate of drug-likeness (QED) is 0.592. The van der Waals surface area contributed by atoms with Crippen LogP contribution in [0.15, 0.2) is 0 Å². The van der Waals surface area contributed by atoms with E-state index in [0.717, 1.165) is 17.7 Å². The molecule has 0 aromatic rings. The van der Waals surface area contributed by atoms with E-state index in [-0.39, 0.29) is 30.1 Å². The Balaban J connectivity index is 1.95. The Morgan fingerprint density at radius 1 is 1.43 bits per heavy atom. The van der Waals surface area contributed by atoms with Crippen LogP contribution in [0.1, 0.15) is 19.3 Å². The van der Waals surface area contributed by atoms with E-state index in [1.54, 1.807) is 0 Å². The van der Waals surface area contributed by atoms with Crippen molar-refractivity contribution in [3.05, 3.63) is 0 Å². The van der Waals surface area contributed by atoms with Crippen LogP contribution in [-0.2, 0) is 14.4 Å². The van der Waals surface area contributed by atoms with Gasteiger partial charge in [0.05, 0.1) is 6.42 Å². The maximum absolute atomic E-state index is 11.4. The van der Waals surface area contributed by atoms with Gasteiger partial charge in [0.1, 0.15) is 6.04 Å². The number of hydrogen-bond acceptors (Lipinski definition) is 3. The maximum atomic E-state index is 11.4. The van der Waals surface area contributed by atoms with Crippen LogP contribution in [0, 0.1) is 5.92 Å². The third-order valence-corrected chi connectivity index (χ3v) is 2.65. The predicted molar refractivity (Wildman–Crippen MR) is 47.0 cm³/mol. The number of imide groups is 1. The first-order valence-electron chi connectivity index (χ1n) is 4.70. The van der Waals surface area contributed by atoms with Crippen LogP contribution < -0.4 is 5.32 Å². The number of rotatable bonds is 2. The second-order valence-electron chi connectivity index (χ2n) is 3.83. The third-order valence-electron chi connectivity index (χ3n) is 2.65. The van der Waals surface area contributed by atoms with E-state index in [1.165, 1.54) is 7.05 Å². The first kappa shape index (κ1) is 9.18. The van der Waals surface area contributed by atoms with E-state index in [0.29, 0.717) is 0 Å². The fraction of sp³-hybridized carbons (Fsp3) is 0.667. The van der Waals surface area contributed by atoms with Crippen LogP contribution in [-0.4, -0.2) is 35.7 Å². The number of likely N-dealkylation sites (N-methyl/N-ethyl adjacent to an activating group) is 1. The summed E-state index contributed by atoms with van der Waals surface area (Å²) in [5.41, 5.74) is 0.